The molecule has 2 aliphatic carbocycles. The van der Waals surface area contributed by atoms with Crippen molar-refractivity contribution in [3.05, 3.63) is 22.5 Å². The van der Waals surface area contributed by atoms with Crippen LogP contribution in [0.15, 0.2) is 22.5 Å². The van der Waals surface area contributed by atoms with Gasteiger partial charge in [-0.1, -0.05) is 64.2 Å². The highest BCUT2D eigenvalue weighted by Gasteiger charge is 2.32. The van der Waals surface area contributed by atoms with Crippen molar-refractivity contribution in [1.82, 2.24) is 0 Å². The van der Waals surface area contributed by atoms with Gasteiger partial charge in [-0.2, -0.15) is 0 Å². The first-order valence-corrected chi connectivity index (χ1v) is 10.8. The minimum atomic E-state index is -0.624. The maximum atomic E-state index is 12.5. The van der Waals surface area contributed by atoms with E-state index in [2.05, 4.69) is 0 Å². The first-order valence-electron chi connectivity index (χ1n) is 10.8. The van der Waals surface area contributed by atoms with Crippen LogP contribution >= 0.6 is 0 Å². The number of allylic oxidation sites excluding steroid dienone is 3. The van der Waals surface area contributed by atoms with Gasteiger partial charge in [0, 0.05) is 29.6 Å². The van der Waals surface area contributed by atoms with Crippen LogP contribution in [0.3, 0.4) is 0 Å². The van der Waals surface area contributed by atoms with Gasteiger partial charge in [0.1, 0.15) is 11.5 Å². The third-order valence-electron chi connectivity index (χ3n) is 5.83. The lowest BCUT2D eigenvalue weighted by molar-refractivity contribution is -0.132. The number of aliphatic hydroxyl groups excluding tert-OH is 1. The highest BCUT2D eigenvalue weighted by molar-refractivity contribution is 6.50. The average Bonchev–Trinajstić information content (AvgIpc) is 2.66. The SMILES string of the molecule is CC1=C(O)C2=C(CCCCCCCCCCCCCCC(=O)C2)C(=O)C1=O. The molecule has 2 rings (SSSR count). The molecule has 0 amide bonds. The third kappa shape index (κ3) is 6.44. The summed E-state index contributed by atoms with van der Waals surface area (Å²) in [5, 5.41) is 10.4. The molecule has 1 N–H and O–H groups in total. The summed E-state index contributed by atoms with van der Waals surface area (Å²) in [7, 11) is 0. The molecule has 0 bridgehead atoms. The molecule has 0 atom stereocenters. The van der Waals surface area contributed by atoms with E-state index in [0.29, 0.717) is 24.0 Å². The summed E-state index contributed by atoms with van der Waals surface area (Å²) in [6, 6.07) is 0. The second kappa shape index (κ2) is 11.2. The first-order chi connectivity index (χ1) is 13.0. The minimum absolute atomic E-state index is 0.0464. The molecule has 0 radical (unpaired) electrons. The van der Waals surface area contributed by atoms with Gasteiger partial charge in [0.25, 0.3) is 0 Å². The summed E-state index contributed by atoms with van der Waals surface area (Å²) in [6.45, 7) is 1.47. The highest BCUT2D eigenvalue weighted by atomic mass is 16.3. The summed E-state index contributed by atoms with van der Waals surface area (Å²) >= 11 is 0. The molecule has 150 valence electrons. The predicted octanol–water partition coefficient (Wildman–Crippen LogP) is 5.70. The van der Waals surface area contributed by atoms with E-state index in [0.717, 1.165) is 32.1 Å². The number of Topliss-reactive ketones (excluding diaryl/α,β-unsaturated/α-hetero) is 3. The predicted molar refractivity (Wildman–Crippen MR) is 107 cm³/mol. The monoisotopic (exact) mass is 374 g/mol. The first kappa shape index (κ1) is 21.6. The molecule has 0 unspecified atom stereocenters. The van der Waals surface area contributed by atoms with Crippen LogP contribution in [0.25, 0.3) is 0 Å². The zero-order valence-corrected chi connectivity index (χ0v) is 16.8. The smallest absolute Gasteiger partial charge is 0.232 e. The molecule has 4 nitrogen and oxygen atoms in total. The summed E-state index contributed by atoms with van der Waals surface area (Å²) in [5.74, 6) is -1.24. The van der Waals surface area contributed by atoms with Crippen LogP contribution in [0, 0.1) is 0 Å². The Bertz CT molecular complexity index is 624. The number of hydrogen-bond donors (Lipinski definition) is 1. The van der Waals surface area contributed by atoms with Crippen molar-refractivity contribution in [2.45, 2.75) is 103 Å². The maximum Gasteiger partial charge on any atom is 0.232 e. The Morgan fingerprint density at radius 2 is 1.04 bits per heavy atom. The van der Waals surface area contributed by atoms with Crippen LogP contribution in [0.2, 0.25) is 0 Å². The number of carbonyl (C=O) groups is 3. The van der Waals surface area contributed by atoms with Crippen LogP contribution in [0.5, 0.6) is 0 Å². The lowest BCUT2D eigenvalue weighted by Crippen LogP contribution is -2.26. The third-order valence-corrected chi connectivity index (χ3v) is 5.83. The van der Waals surface area contributed by atoms with Gasteiger partial charge in [0.2, 0.25) is 11.6 Å². The lowest BCUT2D eigenvalue weighted by Gasteiger charge is -2.20. The largest absolute Gasteiger partial charge is 0.507 e. The Balaban J connectivity index is 2.12. The fourth-order valence-corrected chi connectivity index (χ4v) is 4.05. The van der Waals surface area contributed by atoms with E-state index >= 15 is 0 Å². The Morgan fingerprint density at radius 1 is 0.593 bits per heavy atom. The molecule has 0 aromatic carbocycles. The summed E-state index contributed by atoms with van der Waals surface area (Å²) in [5.41, 5.74) is 0.856. The molecule has 0 fully saturated rings. The fourth-order valence-electron chi connectivity index (χ4n) is 4.05. The standard InChI is InChI=1S/C23H34O4/c1-17-21(25)20-16-18(24)14-12-10-8-6-4-2-3-5-7-9-11-13-15-19(20)23(27)22(17)26/h25H,2-16H2,1H3. The molecular formula is C23H34O4. The van der Waals surface area contributed by atoms with Crippen molar-refractivity contribution in [2.75, 3.05) is 0 Å². The maximum absolute atomic E-state index is 12.5. The van der Waals surface area contributed by atoms with Gasteiger partial charge in [-0.3, -0.25) is 14.4 Å². The van der Waals surface area contributed by atoms with Gasteiger partial charge in [0.05, 0.1) is 0 Å². The van der Waals surface area contributed by atoms with Crippen LogP contribution in [-0.2, 0) is 14.4 Å². The lowest BCUT2D eigenvalue weighted by atomic mass is 9.84. The van der Waals surface area contributed by atoms with Gasteiger partial charge in [-0.25, -0.2) is 0 Å². The average molecular weight is 375 g/mol. The normalized spacial score (nSPS) is 23.1. The molecule has 2 aliphatic rings. The minimum Gasteiger partial charge on any atom is -0.507 e. The number of rotatable bonds is 0. The molecule has 0 aliphatic heterocycles. The number of hydrogen-bond acceptors (Lipinski definition) is 4. The summed E-state index contributed by atoms with van der Waals surface area (Å²) < 4.78 is 0. The van der Waals surface area contributed by atoms with E-state index in [1.165, 1.54) is 51.9 Å². The summed E-state index contributed by atoms with van der Waals surface area (Å²) in [6.07, 6.45) is 14.7. The molecule has 4 heteroatoms. The molecule has 0 saturated carbocycles. The molecule has 27 heavy (non-hydrogen) atoms. The van der Waals surface area contributed by atoms with Gasteiger partial charge >= 0.3 is 0 Å². The topological polar surface area (TPSA) is 71.4 Å². The summed E-state index contributed by atoms with van der Waals surface area (Å²) in [4.78, 5) is 37.0. The van der Waals surface area contributed by atoms with Gasteiger partial charge in [0.15, 0.2) is 0 Å². The molecule has 0 saturated heterocycles. The van der Waals surface area contributed by atoms with E-state index in [9.17, 15) is 19.5 Å². The van der Waals surface area contributed by atoms with Gasteiger partial charge < -0.3 is 5.11 Å². The van der Waals surface area contributed by atoms with Gasteiger partial charge in [-0.15, -0.1) is 0 Å². The highest BCUT2D eigenvalue weighted by Crippen LogP contribution is 2.31. The van der Waals surface area contributed by atoms with Crippen molar-refractivity contribution in [2.24, 2.45) is 0 Å². The molecule has 0 aromatic heterocycles. The van der Waals surface area contributed by atoms with E-state index in [4.69, 9.17) is 0 Å². The quantitative estimate of drug-likeness (QED) is 0.436. The van der Waals surface area contributed by atoms with Crippen LogP contribution < -0.4 is 0 Å². The Morgan fingerprint density at radius 3 is 1.56 bits per heavy atom. The van der Waals surface area contributed by atoms with Crippen LogP contribution in [0.1, 0.15) is 103 Å². The second-order valence-electron chi connectivity index (χ2n) is 8.05. The number of ketones is 3. The van der Waals surface area contributed by atoms with Crippen molar-refractivity contribution in [3.63, 3.8) is 0 Å². The molecule has 0 heterocycles. The van der Waals surface area contributed by atoms with E-state index in [1.54, 1.807) is 0 Å². The van der Waals surface area contributed by atoms with Crippen molar-refractivity contribution < 1.29 is 19.5 Å². The van der Waals surface area contributed by atoms with Crippen molar-refractivity contribution >= 4 is 17.3 Å². The van der Waals surface area contributed by atoms with Crippen molar-refractivity contribution in [1.29, 1.82) is 0 Å². The van der Waals surface area contributed by atoms with Crippen LogP contribution in [0.4, 0.5) is 0 Å². The van der Waals surface area contributed by atoms with E-state index in [-0.39, 0.29) is 23.5 Å². The Labute approximate surface area is 163 Å². The fraction of sp³-hybridized carbons (Fsp3) is 0.696. The van der Waals surface area contributed by atoms with Crippen LogP contribution in [-0.4, -0.2) is 22.5 Å². The van der Waals surface area contributed by atoms with Gasteiger partial charge in [-0.05, 0) is 26.2 Å². The second-order valence-corrected chi connectivity index (χ2v) is 8.05. The van der Waals surface area contributed by atoms with E-state index in [1.807, 2.05) is 0 Å². The number of carbonyl (C=O) groups excluding carboxylic acids is 3. The molecular weight excluding hydrogens is 340 g/mol. The van der Waals surface area contributed by atoms with E-state index < -0.39 is 11.6 Å². The zero-order chi connectivity index (χ0) is 19.6. The zero-order valence-electron chi connectivity index (χ0n) is 16.8. The molecule has 0 aromatic rings. The Hall–Kier alpha value is -1.71. The Kier molecular flexibility index (Phi) is 8.96. The molecule has 0 spiro atoms. The van der Waals surface area contributed by atoms with Crippen molar-refractivity contribution in [3.8, 4) is 0 Å². The number of aliphatic hydroxyl groups is 1.